The van der Waals surface area contributed by atoms with Gasteiger partial charge in [-0.25, -0.2) is 8.42 Å². The van der Waals surface area contributed by atoms with Gasteiger partial charge in [-0.3, -0.25) is 0 Å². The van der Waals surface area contributed by atoms with Crippen LogP contribution in [0, 0.1) is 0 Å². The predicted molar refractivity (Wildman–Crippen MR) is 83.7 cm³/mol. The standard InChI is InChI=1S/C13H14BrNO3S2/c1-15(9-10-3-5-11(18-2)6-4-10)20(16,17)13-12(14)7-8-19-13/h3-8H,9H2,1-2H3. The molecule has 0 bridgehead atoms. The smallest absolute Gasteiger partial charge is 0.253 e. The van der Waals surface area contributed by atoms with Crippen LogP contribution in [0.5, 0.6) is 5.75 Å². The maximum Gasteiger partial charge on any atom is 0.253 e. The van der Waals surface area contributed by atoms with Crippen molar-refractivity contribution in [1.82, 2.24) is 4.31 Å². The van der Waals surface area contributed by atoms with Gasteiger partial charge in [0, 0.05) is 18.1 Å². The number of methoxy groups -OCH3 is 1. The molecule has 1 aromatic heterocycles. The Bertz CT molecular complexity index is 680. The highest BCUT2D eigenvalue weighted by atomic mass is 79.9. The van der Waals surface area contributed by atoms with Crippen LogP contribution in [0.2, 0.25) is 0 Å². The van der Waals surface area contributed by atoms with Gasteiger partial charge in [-0.1, -0.05) is 12.1 Å². The molecule has 20 heavy (non-hydrogen) atoms. The Morgan fingerprint density at radius 2 is 1.90 bits per heavy atom. The number of hydrogen-bond acceptors (Lipinski definition) is 4. The monoisotopic (exact) mass is 375 g/mol. The van der Waals surface area contributed by atoms with Crippen molar-refractivity contribution in [2.24, 2.45) is 0 Å². The van der Waals surface area contributed by atoms with E-state index in [1.54, 1.807) is 25.6 Å². The Kier molecular flexibility index (Phi) is 4.85. The summed E-state index contributed by atoms with van der Waals surface area (Å²) in [4.78, 5) is 0. The van der Waals surface area contributed by atoms with Gasteiger partial charge in [0.25, 0.3) is 10.0 Å². The highest BCUT2D eigenvalue weighted by Gasteiger charge is 2.24. The summed E-state index contributed by atoms with van der Waals surface area (Å²) < 4.78 is 32.2. The fourth-order valence-electron chi connectivity index (χ4n) is 1.68. The average molecular weight is 376 g/mol. The lowest BCUT2D eigenvalue weighted by molar-refractivity contribution is 0.414. The summed E-state index contributed by atoms with van der Waals surface area (Å²) in [6, 6.07) is 9.08. The molecule has 1 heterocycles. The Morgan fingerprint density at radius 1 is 1.25 bits per heavy atom. The van der Waals surface area contributed by atoms with E-state index in [1.165, 1.54) is 15.6 Å². The summed E-state index contributed by atoms with van der Waals surface area (Å²) in [5.74, 6) is 0.750. The van der Waals surface area contributed by atoms with Crippen LogP contribution in [0.1, 0.15) is 5.56 Å². The zero-order valence-electron chi connectivity index (χ0n) is 11.0. The van der Waals surface area contributed by atoms with Crippen LogP contribution in [0.15, 0.2) is 44.4 Å². The van der Waals surface area contributed by atoms with E-state index < -0.39 is 10.0 Å². The molecule has 0 N–H and O–H groups in total. The Morgan fingerprint density at radius 3 is 2.40 bits per heavy atom. The first-order valence-corrected chi connectivity index (χ1v) is 8.88. The molecule has 0 aliphatic rings. The van der Waals surface area contributed by atoms with E-state index in [-0.39, 0.29) is 0 Å². The number of rotatable bonds is 5. The van der Waals surface area contributed by atoms with E-state index in [1.807, 2.05) is 24.3 Å². The van der Waals surface area contributed by atoms with Gasteiger partial charge in [0.1, 0.15) is 9.96 Å². The molecule has 0 fully saturated rings. The van der Waals surface area contributed by atoms with E-state index in [0.29, 0.717) is 15.2 Å². The number of ether oxygens (including phenoxy) is 1. The molecule has 0 spiro atoms. The maximum absolute atomic E-state index is 12.4. The molecule has 0 atom stereocenters. The topological polar surface area (TPSA) is 46.6 Å². The van der Waals surface area contributed by atoms with Crippen LogP contribution in [-0.2, 0) is 16.6 Å². The highest BCUT2D eigenvalue weighted by molar-refractivity contribution is 9.10. The summed E-state index contributed by atoms with van der Waals surface area (Å²) in [5, 5.41) is 1.75. The third-order valence-corrected chi connectivity index (χ3v) is 7.24. The van der Waals surface area contributed by atoms with Crippen LogP contribution in [0.3, 0.4) is 0 Å². The second-order valence-corrected chi connectivity index (χ2v) is 8.18. The number of benzene rings is 1. The van der Waals surface area contributed by atoms with Crippen LogP contribution in [0.4, 0.5) is 0 Å². The Hall–Kier alpha value is -0.890. The number of sulfonamides is 1. The maximum atomic E-state index is 12.4. The first kappa shape index (κ1) is 15.5. The zero-order valence-corrected chi connectivity index (χ0v) is 14.3. The molecule has 2 rings (SSSR count). The molecule has 4 nitrogen and oxygen atoms in total. The largest absolute Gasteiger partial charge is 0.497 e. The van der Waals surface area contributed by atoms with Crippen molar-refractivity contribution >= 4 is 37.3 Å². The van der Waals surface area contributed by atoms with Crippen molar-refractivity contribution in [2.45, 2.75) is 10.8 Å². The Balaban J connectivity index is 2.19. The lowest BCUT2D eigenvalue weighted by Crippen LogP contribution is -2.26. The fourth-order valence-corrected chi connectivity index (χ4v) is 5.34. The average Bonchev–Trinajstić information content (AvgIpc) is 2.86. The van der Waals surface area contributed by atoms with Gasteiger partial charge in [-0.15, -0.1) is 11.3 Å². The molecule has 0 radical (unpaired) electrons. The molecule has 0 aliphatic heterocycles. The van der Waals surface area contributed by atoms with E-state index in [4.69, 9.17) is 4.74 Å². The minimum atomic E-state index is -3.47. The summed E-state index contributed by atoms with van der Waals surface area (Å²) in [6.07, 6.45) is 0. The minimum absolute atomic E-state index is 0.316. The normalized spacial score (nSPS) is 11.8. The SMILES string of the molecule is COc1ccc(CN(C)S(=O)(=O)c2sccc2Br)cc1. The molecule has 0 saturated carbocycles. The van der Waals surface area contributed by atoms with Gasteiger partial charge >= 0.3 is 0 Å². The number of thiophene rings is 1. The van der Waals surface area contributed by atoms with Gasteiger partial charge in [-0.05, 0) is 45.1 Å². The van der Waals surface area contributed by atoms with Crippen molar-refractivity contribution < 1.29 is 13.2 Å². The van der Waals surface area contributed by atoms with Crippen molar-refractivity contribution in [1.29, 1.82) is 0 Å². The second-order valence-electron chi connectivity index (χ2n) is 4.17. The van der Waals surface area contributed by atoms with E-state index in [0.717, 1.165) is 11.3 Å². The van der Waals surface area contributed by atoms with Gasteiger partial charge in [0.15, 0.2) is 0 Å². The third-order valence-electron chi connectivity index (χ3n) is 2.79. The fraction of sp³-hybridized carbons (Fsp3) is 0.231. The molecule has 2 aromatic rings. The molecule has 0 saturated heterocycles. The van der Waals surface area contributed by atoms with Crippen LogP contribution in [-0.4, -0.2) is 26.9 Å². The summed E-state index contributed by atoms with van der Waals surface area (Å²) in [5.41, 5.74) is 0.907. The van der Waals surface area contributed by atoms with Crippen LogP contribution < -0.4 is 4.74 Å². The third kappa shape index (κ3) is 3.22. The zero-order chi connectivity index (χ0) is 14.8. The molecular weight excluding hydrogens is 362 g/mol. The van der Waals surface area contributed by atoms with Crippen molar-refractivity contribution in [3.8, 4) is 5.75 Å². The second kappa shape index (κ2) is 6.26. The summed E-state index contributed by atoms with van der Waals surface area (Å²) in [6.45, 7) is 0.316. The van der Waals surface area contributed by atoms with Crippen molar-refractivity contribution in [3.63, 3.8) is 0 Å². The quantitative estimate of drug-likeness (QED) is 0.804. The van der Waals surface area contributed by atoms with Gasteiger partial charge in [0.05, 0.1) is 7.11 Å². The number of halogens is 1. The molecular formula is C13H14BrNO3S2. The molecule has 108 valence electrons. The molecule has 0 unspecified atom stereocenters. The molecule has 7 heteroatoms. The summed E-state index contributed by atoms with van der Waals surface area (Å²) >= 11 is 4.47. The summed E-state index contributed by atoms with van der Waals surface area (Å²) in [7, 11) is -0.294. The first-order chi connectivity index (χ1) is 9.45. The lowest BCUT2D eigenvalue weighted by Gasteiger charge is -2.16. The van der Waals surface area contributed by atoms with E-state index >= 15 is 0 Å². The van der Waals surface area contributed by atoms with E-state index in [2.05, 4.69) is 15.9 Å². The number of nitrogens with zero attached hydrogens (tertiary/aromatic N) is 1. The predicted octanol–water partition coefficient (Wildman–Crippen LogP) is 3.34. The lowest BCUT2D eigenvalue weighted by atomic mass is 10.2. The van der Waals surface area contributed by atoms with Gasteiger partial charge < -0.3 is 4.74 Å². The minimum Gasteiger partial charge on any atom is -0.497 e. The Labute approximate surface area is 131 Å². The van der Waals surface area contributed by atoms with Gasteiger partial charge in [0.2, 0.25) is 0 Å². The molecule has 0 aliphatic carbocycles. The van der Waals surface area contributed by atoms with Crippen molar-refractivity contribution in [2.75, 3.05) is 14.2 Å². The van der Waals surface area contributed by atoms with E-state index in [9.17, 15) is 8.42 Å². The first-order valence-electron chi connectivity index (χ1n) is 5.77. The molecule has 0 amide bonds. The van der Waals surface area contributed by atoms with Gasteiger partial charge in [-0.2, -0.15) is 4.31 Å². The van der Waals surface area contributed by atoms with Crippen LogP contribution in [0.25, 0.3) is 0 Å². The van der Waals surface area contributed by atoms with Crippen molar-refractivity contribution in [3.05, 3.63) is 45.7 Å². The highest BCUT2D eigenvalue weighted by Crippen LogP contribution is 2.30. The number of hydrogen-bond donors (Lipinski definition) is 0. The molecule has 1 aromatic carbocycles. The van der Waals surface area contributed by atoms with Crippen LogP contribution >= 0.6 is 27.3 Å².